The second kappa shape index (κ2) is 14.0. The predicted molar refractivity (Wildman–Crippen MR) is 268 cm³/mol. The van der Waals surface area contributed by atoms with Gasteiger partial charge in [0.15, 0.2) is 5.82 Å². The first-order valence-corrected chi connectivity index (χ1v) is 25.7. The van der Waals surface area contributed by atoms with Crippen molar-refractivity contribution in [2.24, 2.45) is 35.5 Å². The van der Waals surface area contributed by atoms with Crippen LogP contribution < -0.4 is 4.90 Å². The van der Waals surface area contributed by atoms with Crippen molar-refractivity contribution in [3.8, 4) is 11.4 Å². The zero-order chi connectivity index (χ0) is 44.2. The Morgan fingerprint density at radius 1 is 0.507 bits per heavy atom. The Hall–Kier alpha value is -6.07. The van der Waals surface area contributed by atoms with Crippen LogP contribution in [0.1, 0.15) is 122 Å². The normalized spacial score (nSPS) is 29.4. The summed E-state index contributed by atoms with van der Waals surface area (Å²) in [6, 6.07) is 49.3. The molecule has 0 radical (unpaired) electrons. The Morgan fingerprint density at radius 3 is 1.78 bits per heavy atom. The van der Waals surface area contributed by atoms with E-state index in [0.717, 1.165) is 97.5 Å². The van der Waals surface area contributed by atoms with Crippen LogP contribution in [0.15, 0.2) is 138 Å². The number of hydrogen-bond donors (Lipinski definition) is 0. The zero-order valence-corrected chi connectivity index (χ0v) is 38.8. The topological polar surface area (TPSA) is 55.1 Å². The number of fused-ring (bicyclic) bond motifs is 7. The van der Waals surface area contributed by atoms with E-state index in [9.17, 15) is 0 Å². The number of para-hydroxylation sites is 4. The van der Waals surface area contributed by atoms with E-state index in [0.29, 0.717) is 0 Å². The summed E-state index contributed by atoms with van der Waals surface area (Å²) in [5, 5.41) is 2.28. The first kappa shape index (κ1) is 39.0. The Bertz CT molecular complexity index is 3200. The molecule has 0 amide bonds. The molecule has 67 heavy (non-hydrogen) atoms. The molecule has 4 unspecified atom stereocenters. The monoisotopic (exact) mass is 874 g/mol. The maximum atomic E-state index is 6.93. The molecule has 2 aromatic heterocycles. The summed E-state index contributed by atoms with van der Waals surface area (Å²) in [5.74, 6) is 8.25. The quantitative estimate of drug-likeness (QED) is 0.167. The van der Waals surface area contributed by atoms with Gasteiger partial charge >= 0.3 is 0 Å². The van der Waals surface area contributed by atoms with Crippen LogP contribution in [0.3, 0.4) is 0 Å². The van der Waals surface area contributed by atoms with Gasteiger partial charge in [-0.05, 0) is 178 Å². The fraction of sp³-hybridized carbons (Fsp3) is 0.371. The van der Waals surface area contributed by atoms with Crippen molar-refractivity contribution in [3.05, 3.63) is 178 Å². The lowest BCUT2D eigenvalue weighted by Crippen LogP contribution is -2.49. The van der Waals surface area contributed by atoms with E-state index in [4.69, 9.17) is 19.4 Å². The molecule has 332 valence electrons. The van der Waals surface area contributed by atoms with Gasteiger partial charge in [0, 0.05) is 38.4 Å². The highest BCUT2D eigenvalue weighted by molar-refractivity contribution is 6.07. The standard InChI is InChI=1S/C62H58N4O/c1-37-25-46(26-38(2)55(37)57-63-58(60-32-40-27-41(33-60)29-42(28-40)34-60)65-59(64-57)61-31-39-23-24-43(35-61)44(30-39)36-61)66-52-20-9-7-17-49(52)62(45-13-4-3-5-14-45,50-18-8-10-21-53(50)66)51-19-12-16-48-47-15-6-11-22-54(47)67-56(48)51/h3-22,25-26,39-44H,23-24,27-36H2,1-2H3. The number of anilines is 3. The number of aromatic nitrogens is 3. The fourth-order valence-electron chi connectivity index (χ4n) is 17.0. The van der Waals surface area contributed by atoms with Gasteiger partial charge in [-0.25, -0.2) is 15.0 Å². The van der Waals surface area contributed by atoms with E-state index in [1.165, 1.54) is 110 Å². The van der Waals surface area contributed by atoms with Gasteiger partial charge in [0.1, 0.15) is 22.8 Å². The second-order valence-electron chi connectivity index (χ2n) is 22.8. The molecule has 7 saturated carbocycles. The lowest BCUT2D eigenvalue weighted by molar-refractivity contribution is -0.00974. The summed E-state index contributed by atoms with van der Waals surface area (Å²) in [5.41, 5.74) is 13.3. The van der Waals surface area contributed by atoms with Crippen molar-refractivity contribution in [1.82, 2.24) is 15.0 Å². The van der Waals surface area contributed by atoms with Gasteiger partial charge in [-0.1, -0.05) is 110 Å². The molecule has 7 bridgehead atoms. The van der Waals surface area contributed by atoms with E-state index in [-0.39, 0.29) is 10.8 Å². The Balaban J connectivity index is 0.915. The summed E-state index contributed by atoms with van der Waals surface area (Å²) in [7, 11) is 0. The van der Waals surface area contributed by atoms with Crippen molar-refractivity contribution in [1.29, 1.82) is 0 Å². The smallest absolute Gasteiger partial charge is 0.163 e. The molecule has 5 heteroatoms. The minimum atomic E-state index is -0.672. The Labute approximate surface area is 394 Å². The highest BCUT2D eigenvalue weighted by Crippen LogP contribution is 2.64. The van der Waals surface area contributed by atoms with Crippen molar-refractivity contribution >= 4 is 39.0 Å². The lowest BCUT2D eigenvalue weighted by atomic mass is 9.49. The molecular weight excluding hydrogens is 817 g/mol. The molecule has 5 nitrogen and oxygen atoms in total. The van der Waals surface area contributed by atoms with Gasteiger partial charge in [0.05, 0.1) is 16.8 Å². The third kappa shape index (κ3) is 5.46. The number of rotatable bonds is 6. The molecule has 16 rings (SSSR count). The van der Waals surface area contributed by atoms with Crippen LogP contribution >= 0.6 is 0 Å². The van der Waals surface area contributed by atoms with Crippen molar-refractivity contribution in [2.75, 3.05) is 4.90 Å². The largest absolute Gasteiger partial charge is 0.456 e. The molecule has 0 saturated heterocycles. The van der Waals surface area contributed by atoms with Gasteiger partial charge < -0.3 is 9.32 Å². The van der Waals surface area contributed by atoms with Crippen LogP contribution in [0.5, 0.6) is 0 Å². The molecule has 0 N–H and O–H groups in total. The van der Waals surface area contributed by atoms with E-state index >= 15 is 0 Å². The number of nitrogens with zero attached hydrogens (tertiary/aromatic N) is 4. The summed E-state index contributed by atoms with van der Waals surface area (Å²) in [6.45, 7) is 4.62. The highest BCUT2D eigenvalue weighted by Gasteiger charge is 2.57. The Kier molecular flexibility index (Phi) is 8.14. The SMILES string of the molecule is Cc1cc(N2c3ccccc3C(c3ccccc3)(c3cccc4c3oc3ccccc34)c3ccccc32)cc(C)c1-c1nc(C23CC4CC(CC(C4)C2)C3)nc(C23CC4CCC(C2)C(C4)C3)n1. The second-order valence-corrected chi connectivity index (χ2v) is 22.8. The molecular formula is C62H58N4O. The fourth-order valence-corrected chi connectivity index (χ4v) is 17.0. The lowest BCUT2D eigenvalue weighted by Gasteiger charge is -2.56. The minimum absolute atomic E-state index is 0.102. The van der Waals surface area contributed by atoms with Crippen molar-refractivity contribution < 1.29 is 4.42 Å². The first-order valence-electron chi connectivity index (χ1n) is 25.7. The van der Waals surface area contributed by atoms with Crippen LogP contribution in [0.2, 0.25) is 0 Å². The first-order chi connectivity index (χ1) is 32.9. The summed E-state index contributed by atoms with van der Waals surface area (Å²) in [4.78, 5) is 19.8. The average Bonchev–Trinajstić information content (AvgIpc) is 3.81. The highest BCUT2D eigenvalue weighted by atomic mass is 16.3. The zero-order valence-electron chi connectivity index (χ0n) is 38.8. The van der Waals surface area contributed by atoms with E-state index in [1.54, 1.807) is 0 Å². The van der Waals surface area contributed by atoms with E-state index in [1.807, 2.05) is 0 Å². The number of furan rings is 1. The van der Waals surface area contributed by atoms with Crippen LogP contribution in [0, 0.1) is 49.4 Å². The minimum Gasteiger partial charge on any atom is -0.456 e. The third-order valence-electron chi connectivity index (χ3n) is 19.0. The number of benzene rings is 6. The molecule has 7 fully saturated rings. The predicted octanol–water partition coefficient (Wildman–Crippen LogP) is 15.2. The molecule has 3 heterocycles. The molecule has 6 aromatic carbocycles. The van der Waals surface area contributed by atoms with Gasteiger partial charge in [0.2, 0.25) is 0 Å². The van der Waals surface area contributed by atoms with Crippen LogP contribution in [-0.4, -0.2) is 15.0 Å². The Morgan fingerprint density at radius 2 is 1.07 bits per heavy atom. The van der Waals surface area contributed by atoms with Crippen LogP contribution in [0.25, 0.3) is 33.3 Å². The maximum absolute atomic E-state index is 6.93. The molecule has 0 spiro atoms. The number of aryl methyl sites for hydroxylation is 2. The maximum Gasteiger partial charge on any atom is 0.163 e. The van der Waals surface area contributed by atoms with Gasteiger partial charge in [0.25, 0.3) is 0 Å². The van der Waals surface area contributed by atoms with Gasteiger partial charge in [-0.3, -0.25) is 0 Å². The summed E-state index contributed by atoms with van der Waals surface area (Å²) >= 11 is 0. The molecule has 4 atom stereocenters. The molecule has 1 aliphatic heterocycles. The van der Waals surface area contributed by atoms with E-state index in [2.05, 4.69) is 152 Å². The van der Waals surface area contributed by atoms with Gasteiger partial charge in [-0.15, -0.1) is 0 Å². The van der Waals surface area contributed by atoms with E-state index < -0.39 is 5.41 Å². The molecule has 8 aliphatic rings. The van der Waals surface area contributed by atoms with Crippen molar-refractivity contribution in [3.63, 3.8) is 0 Å². The summed E-state index contributed by atoms with van der Waals surface area (Å²) < 4.78 is 6.93. The summed E-state index contributed by atoms with van der Waals surface area (Å²) in [6.07, 6.45) is 16.1. The number of hydrogen-bond acceptors (Lipinski definition) is 5. The van der Waals surface area contributed by atoms with Crippen LogP contribution in [0.4, 0.5) is 17.1 Å². The van der Waals surface area contributed by atoms with Crippen molar-refractivity contribution in [2.45, 2.75) is 107 Å². The molecule has 7 aliphatic carbocycles. The average molecular weight is 875 g/mol. The van der Waals surface area contributed by atoms with Gasteiger partial charge in [-0.2, -0.15) is 0 Å². The third-order valence-corrected chi connectivity index (χ3v) is 19.0. The molecule has 8 aromatic rings. The van der Waals surface area contributed by atoms with Crippen LogP contribution in [-0.2, 0) is 16.2 Å².